The summed E-state index contributed by atoms with van der Waals surface area (Å²) in [5.74, 6) is -2.22. The molecule has 0 bridgehead atoms. The summed E-state index contributed by atoms with van der Waals surface area (Å²) in [7, 11) is 2.81. The van der Waals surface area contributed by atoms with E-state index >= 15 is 4.39 Å². The van der Waals surface area contributed by atoms with Gasteiger partial charge in [0.05, 0.1) is 36.7 Å². The van der Waals surface area contributed by atoms with E-state index in [4.69, 9.17) is 15.2 Å². The molecule has 160 valence electrons. The van der Waals surface area contributed by atoms with Gasteiger partial charge in [-0.15, -0.1) is 12.4 Å². The van der Waals surface area contributed by atoms with Crippen molar-refractivity contribution in [3.05, 3.63) is 33.9 Å². The van der Waals surface area contributed by atoms with Crippen LogP contribution in [0.15, 0.2) is 17.1 Å². The van der Waals surface area contributed by atoms with Crippen LogP contribution in [-0.2, 0) is 11.3 Å². The molecule has 11 heteroatoms. The largest absolute Gasteiger partial charge is 0.492 e. The van der Waals surface area contributed by atoms with E-state index < -0.39 is 29.5 Å². The van der Waals surface area contributed by atoms with E-state index in [9.17, 15) is 19.1 Å². The summed E-state index contributed by atoms with van der Waals surface area (Å²) >= 11 is 0. The monoisotopic (exact) mass is 433 g/mol. The number of anilines is 1. The fourth-order valence-electron chi connectivity index (χ4n) is 3.63. The minimum atomic E-state index is -1.48. The third-order valence-corrected chi connectivity index (χ3v) is 4.93. The molecule has 3 N–H and O–H groups in total. The zero-order chi connectivity index (χ0) is 20.6. The molecule has 2 atom stereocenters. The smallest absolute Gasteiger partial charge is 0.341 e. The van der Waals surface area contributed by atoms with E-state index in [0.29, 0.717) is 6.54 Å². The van der Waals surface area contributed by atoms with Crippen molar-refractivity contribution in [1.29, 1.82) is 0 Å². The maximum atomic E-state index is 15.0. The molecular weight excluding hydrogens is 412 g/mol. The molecule has 1 aromatic heterocycles. The van der Waals surface area contributed by atoms with Crippen LogP contribution in [0, 0.1) is 5.82 Å². The molecule has 1 aromatic carbocycles. The number of carbonyl (C=O) groups is 1. The minimum Gasteiger partial charge on any atom is -0.492 e. The zero-order valence-electron chi connectivity index (χ0n) is 15.9. The number of hydrogen-bond acceptors (Lipinski definition) is 6. The van der Waals surface area contributed by atoms with Crippen molar-refractivity contribution in [2.24, 2.45) is 5.73 Å². The molecule has 0 aliphatic carbocycles. The van der Waals surface area contributed by atoms with E-state index in [1.807, 2.05) is 0 Å². The van der Waals surface area contributed by atoms with E-state index in [2.05, 4.69) is 0 Å². The van der Waals surface area contributed by atoms with Crippen molar-refractivity contribution in [1.82, 2.24) is 4.57 Å². The first-order valence-corrected chi connectivity index (χ1v) is 8.60. The van der Waals surface area contributed by atoms with Gasteiger partial charge in [0.25, 0.3) is 0 Å². The number of ether oxygens (including phenoxy) is 2. The molecule has 29 heavy (non-hydrogen) atoms. The van der Waals surface area contributed by atoms with Crippen molar-refractivity contribution in [3.63, 3.8) is 0 Å². The molecule has 2 heterocycles. The number of carboxylic acids is 1. The third-order valence-electron chi connectivity index (χ3n) is 4.93. The maximum Gasteiger partial charge on any atom is 0.341 e. The number of alkyl halides is 1. The lowest BCUT2D eigenvalue weighted by Crippen LogP contribution is -2.34. The molecule has 0 spiro atoms. The average Bonchev–Trinajstić information content (AvgIpc) is 3.03. The zero-order valence-corrected chi connectivity index (χ0v) is 16.7. The van der Waals surface area contributed by atoms with Crippen LogP contribution in [0.4, 0.5) is 14.5 Å². The van der Waals surface area contributed by atoms with Crippen molar-refractivity contribution in [2.45, 2.75) is 18.7 Å². The number of rotatable bonds is 6. The number of aryl methyl sites for hydroxylation is 1. The lowest BCUT2D eigenvalue weighted by atomic mass is 10.1. The van der Waals surface area contributed by atoms with Crippen LogP contribution >= 0.6 is 12.4 Å². The number of nitrogens with zero attached hydrogens (tertiary/aromatic N) is 2. The van der Waals surface area contributed by atoms with E-state index in [1.54, 1.807) is 4.90 Å². The number of carboxylic acid groups (broad SMARTS) is 1. The predicted octanol–water partition coefficient (Wildman–Crippen LogP) is 1.40. The molecule has 1 fully saturated rings. The molecule has 1 aliphatic rings. The lowest BCUT2D eigenvalue weighted by molar-refractivity contribution is 0.0694. The molecule has 1 aliphatic heterocycles. The Labute approximate surface area is 171 Å². The van der Waals surface area contributed by atoms with Gasteiger partial charge in [-0.05, 0) is 6.07 Å². The van der Waals surface area contributed by atoms with Crippen LogP contribution in [0.2, 0.25) is 0 Å². The van der Waals surface area contributed by atoms with Crippen LogP contribution in [0.25, 0.3) is 10.9 Å². The Hall–Kier alpha value is -2.43. The first-order chi connectivity index (χ1) is 13.3. The normalized spacial score (nSPS) is 18.7. The number of benzene rings is 1. The molecular formula is C18H22ClF2N3O5. The van der Waals surface area contributed by atoms with Crippen molar-refractivity contribution in [3.8, 4) is 5.75 Å². The maximum absolute atomic E-state index is 15.0. The summed E-state index contributed by atoms with van der Waals surface area (Å²) in [5.41, 5.74) is 4.78. The van der Waals surface area contributed by atoms with Gasteiger partial charge in [0, 0.05) is 26.4 Å². The van der Waals surface area contributed by atoms with Gasteiger partial charge in [0.15, 0.2) is 11.6 Å². The van der Waals surface area contributed by atoms with E-state index in [-0.39, 0.29) is 60.0 Å². The molecule has 0 unspecified atom stereocenters. The highest BCUT2D eigenvalue weighted by Gasteiger charge is 2.34. The highest BCUT2D eigenvalue weighted by molar-refractivity contribution is 5.97. The topological polar surface area (TPSA) is 107 Å². The standard InChI is InChI=1S/C18H21F2N3O5.ClH/c1-27-13-8-23(7-12(13)21)15-11(20)5-9-14(17(15)28-2)22(4-3-19)6-10(16(9)24)18(25)26;/h5-6,12-13H,3-4,7-8,21H2,1-2H3,(H,25,26);1H/t12-,13+;/m1./s1. The van der Waals surface area contributed by atoms with E-state index in [1.165, 1.54) is 18.8 Å². The summed E-state index contributed by atoms with van der Waals surface area (Å²) < 4.78 is 40.1. The second-order valence-corrected chi connectivity index (χ2v) is 6.54. The summed E-state index contributed by atoms with van der Waals surface area (Å²) in [6.45, 7) is -0.444. The minimum absolute atomic E-state index is 0. The second kappa shape index (κ2) is 8.93. The summed E-state index contributed by atoms with van der Waals surface area (Å²) in [5, 5.41) is 9.06. The summed E-state index contributed by atoms with van der Waals surface area (Å²) in [6, 6.07) is 0.606. The number of hydrogen-bond donors (Lipinski definition) is 2. The molecule has 1 saturated heterocycles. The van der Waals surface area contributed by atoms with Gasteiger partial charge in [-0.2, -0.15) is 0 Å². The molecule has 0 amide bonds. The Morgan fingerprint density at radius 1 is 1.38 bits per heavy atom. The van der Waals surface area contributed by atoms with Gasteiger partial charge < -0.3 is 29.8 Å². The Bertz CT molecular complexity index is 984. The van der Waals surface area contributed by atoms with Crippen LogP contribution in [0.1, 0.15) is 10.4 Å². The first kappa shape index (κ1) is 22.9. The molecule has 3 rings (SSSR count). The number of nitrogens with two attached hydrogens (primary N) is 1. The molecule has 0 radical (unpaired) electrons. The summed E-state index contributed by atoms with van der Waals surface area (Å²) in [6.07, 6.45) is 0.729. The first-order valence-electron chi connectivity index (χ1n) is 8.60. The van der Waals surface area contributed by atoms with Gasteiger partial charge in [0.1, 0.15) is 17.9 Å². The van der Waals surface area contributed by atoms with Gasteiger partial charge in [-0.1, -0.05) is 0 Å². The molecule has 2 aromatic rings. The van der Waals surface area contributed by atoms with Crippen molar-refractivity contribution >= 4 is 35.0 Å². The number of methoxy groups -OCH3 is 2. The lowest BCUT2D eigenvalue weighted by Gasteiger charge is -2.24. The van der Waals surface area contributed by atoms with Gasteiger partial charge in [0.2, 0.25) is 5.43 Å². The second-order valence-electron chi connectivity index (χ2n) is 6.54. The number of aromatic carboxylic acids is 1. The van der Waals surface area contributed by atoms with Gasteiger partial charge >= 0.3 is 5.97 Å². The Kier molecular flexibility index (Phi) is 7.04. The van der Waals surface area contributed by atoms with Gasteiger partial charge in [-0.3, -0.25) is 4.79 Å². The van der Waals surface area contributed by atoms with Crippen molar-refractivity contribution < 1.29 is 28.2 Å². The SMILES string of the molecule is COc1c(N2C[C@@H](N)[C@@H](OC)C2)c(F)cc2c(=O)c(C(=O)O)cn(CCF)c12.Cl. The quantitative estimate of drug-likeness (QED) is 0.709. The fraction of sp³-hybridized carbons (Fsp3) is 0.444. The third kappa shape index (κ3) is 3.87. The number of pyridine rings is 1. The highest BCUT2D eigenvalue weighted by Crippen LogP contribution is 2.39. The molecule has 0 saturated carbocycles. The predicted molar refractivity (Wildman–Crippen MR) is 106 cm³/mol. The Balaban J connectivity index is 0.00000300. The number of halogens is 3. The number of aromatic nitrogens is 1. The van der Waals surface area contributed by atoms with Crippen LogP contribution < -0.4 is 20.8 Å². The van der Waals surface area contributed by atoms with E-state index in [0.717, 1.165) is 12.3 Å². The van der Waals surface area contributed by atoms with Crippen LogP contribution in [-0.4, -0.2) is 61.8 Å². The van der Waals surface area contributed by atoms with Crippen LogP contribution in [0.3, 0.4) is 0 Å². The average molecular weight is 434 g/mol. The molecule has 8 nitrogen and oxygen atoms in total. The summed E-state index contributed by atoms with van der Waals surface area (Å²) in [4.78, 5) is 25.6. The fourth-order valence-corrected chi connectivity index (χ4v) is 3.63. The highest BCUT2D eigenvalue weighted by atomic mass is 35.5. The number of fused-ring (bicyclic) bond motifs is 1. The Morgan fingerprint density at radius 2 is 2.07 bits per heavy atom. The van der Waals surface area contributed by atoms with Gasteiger partial charge in [-0.25, -0.2) is 13.6 Å². The van der Waals surface area contributed by atoms with Crippen LogP contribution in [0.5, 0.6) is 5.75 Å². The van der Waals surface area contributed by atoms with Crippen molar-refractivity contribution in [2.75, 3.05) is 38.9 Å². The Morgan fingerprint density at radius 3 is 2.59 bits per heavy atom.